The van der Waals surface area contributed by atoms with Gasteiger partial charge in [-0.25, -0.2) is 9.59 Å². The Morgan fingerprint density at radius 1 is 0.870 bits per heavy atom. The first-order valence-corrected chi connectivity index (χ1v) is 15.8. The van der Waals surface area contributed by atoms with Crippen molar-refractivity contribution in [3.8, 4) is 23.7 Å². The number of hydrogen-bond acceptors (Lipinski definition) is 10. The highest BCUT2D eigenvalue weighted by atomic mass is 16.5. The minimum absolute atomic E-state index is 0.0300. The summed E-state index contributed by atoms with van der Waals surface area (Å²) >= 11 is 0. The first-order chi connectivity index (χ1) is 22.0. The fraction of sp³-hybridized carbons (Fsp3) is 0.625. The van der Waals surface area contributed by atoms with Gasteiger partial charge in [0.15, 0.2) is 0 Å². The lowest BCUT2D eigenvalue weighted by Gasteiger charge is -2.44. The van der Waals surface area contributed by atoms with Crippen molar-refractivity contribution < 1.29 is 28.7 Å². The maximum Gasteiger partial charge on any atom is 0.407 e. The van der Waals surface area contributed by atoms with E-state index in [-0.39, 0.29) is 35.5 Å². The van der Waals surface area contributed by atoms with E-state index in [9.17, 15) is 19.2 Å². The van der Waals surface area contributed by atoms with Gasteiger partial charge in [-0.3, -0.25) is 9.59 Å². The van der Waals surface area contributed by atoms with Crippen LogP contribution in [0.25, 0.3) is 0 Å². The van der Waals surface area contributed by atoms with Crippen molar-refractivity contribution in [1.82, 2.24) is 41.7 Å². The topological polar surface area (TPSA) is 165 Å². The molecule has 1 aliphatic carbocycles. The van der Waals surface area contributed by atoms with E-state index in [1.165, 1.54) is 14.2 Å². The number of likely N-dealkylation sites (tertiary alicyclic amines) is 2. The number of fused-ring (bicyclic) bond motifs is 1. The lowest BCUT2D eigenvalue weighted by Crippen LogP contribution is -2.64. The smallest absolute Gasteiger partial charge is 0.407 e. The van der Waals surface area contributed by atoms with Gasteiger partial charge in [-0.15, -0.1) is 0 Å². The highest BCUT2D eigenvalue weighted by molar-refractivity contribution is 5.86. The molecule has 46 heavy (non-hydrogen) atoms. The Balaban J connectivity index is 1.20. The van der Waals surface area contributed by atoms with Crippen molar-refractivity contribution in [2.45, 2.75) is 94.2 Å². The van der Waals surface area contributed by atoms with Crippen molar-refractivity contribution >= 4 is 24.0 Å². The van der Waals surface area contributed by atoms with Crippen LogP contribution in [0.5, 0.6) is 0 Å². The normalized spacial score (nSPS) is 30.2. The highest BCUT2D eigenvalue weighted by Crippen LogP contribution is 2.47. The summed E-state index contributed by atoms with van der Waals surface area (Å²) < 4.78 is 9.30. The number of hydrogen-bond donors (Lipinski definition) is 6. The molecule has 14 nitrogen and oxygen atoms in total. The Morgan fingerprint density at radius 2 is 1.41 bits per heavy atom. The molecule has 0 radical (unpaired) electrons. The highest BCUT2D eigenvalue weighted by Gasteiger charge is 2.63. The SMILES string of the molecule is COC(=O)N[C@@H](C)C(=O)N1CCC[C@H]1C1(C)CNC=C(C#CC#CC2=CNC3CC3([C@@H]3CCCN3C(=O)[C@H](C)NC(=O)OC)N2)N1. The maximum absolute atomic E-state index is 13.2. The molecule has 6 N–H and O–H groups in total. The summed E-state index contributed by atoms with van der Waals surface area (Å²) in [6.07, 6.45) is 6.68. The third-order valence-electron chi connectivity index (χ3n) is 9.57. The largest absolute Gasteiger partial charge is 0.453 e. The summed E-state index contributed by atoms with van der Waals surface area (Å²) in [5.41, 5.74) is 0.561. The van der Waals surface area contributed by atoms with Crippen LogP contribution in [0.4, 0.5) is 9.59 Å². The van der Waals surface area contributed by atoms with Gasteiger partial charge < -0.3 is 51.2 Å². The number of nitrogens with zero attached hydrogens (tertiary/aromatic N) is 2. The number of amides is 4. The zero-order valence-electron chi connectivity index (χ0n) is 27.0. The molecule has 0 aromatic carbocycles. The number of nitrogens with one attached hydrogen (secondary N) is 6. The second kappa shape index (κ2) is 13.3. The van der Waals surface area contributed by atoms with Crippen molar-refractivity contribution in [3.63, 3.8) is 0 Å². The monoisotopic (exact) mass is 636 g/mol. The molecule has 7 atom stereocenters. The molecule has 0 aromatic rings. The zero-order chi connectivity index (χ0) is 33.1. The third kappa shape index (κ3) is 6.62. The Morgan fingerprint density at radius 3 is 2.00 bits per heavy atom. The lowest BCUT2D eigenvalue weighted by atomic mass is 9.88. The number of carbonyl (C=O) groups excluding carboxylic acids is 4. The Hall–Kier alpha value is -4.72. The van der Waals surface area contributed by atoms with Crippen LogP contribution in [0.15, 0.2) is 23.8 Å². The first kappa shape index (κ1) is 32.7. The van der Waals surface area contributed by atoms with Crippen molar-refractivity contribution in [2.75, 3.05) is 33.9 Å². The van der Waals surface area contributed by atoms with E-state index in [1.807, 2.05) is 22.2 Å². The van der Waals surface area contributed by atoms with Gasteiger partial charge in [0.05, 0.1) is 43.4 Å². The van der Waals surface area contributed by atoms with Crippen LogP contribution in [0, 0.1) is 23.7 Å². The van der Waals surface area contributed by atoms with Crippen LogP contribution in [-0.2, 0) is 19.1 Å². The van der Waals surface area contributed by atoms with Gasteiger partial charge in [0.2, 0.25) is 11.8 Å². The minimum atomic E-state index is -0.704. The Bertz CT molecular complexity index is 1360. The molecular formula is C32H44N8O6. The molecule has 5 rings (SSSR count). The van der Waals surface area contributed by atoms with Crippen LogP contribution in [0.2, 0.25) is 0 Å². The van der Waals surface area contributed by atoms with Crippen molar-refractivity contribution in [1.29, 1.82) is 0 Å². The molecule has 0 aromatic heterocycles. The summed E-state index contributed by atoms with van der Waals surface area (Å²) in [5, 5.41) is 19.0. The molecule has 1 saturated carbocycles. The maximum atomic E-state index is 13.2. The second-order valence-corrected chi connectivity index (χ2v) is 12.7. The summed E-state index contributed by atoms with van der Waals surface area (Å²) in [6, 6.07) is -1.33. The Kier molecular flexibility index (Phi) is 9.47. The Labute approximate surface area is 269 Å². The van der Waals surface area contributed by atoms with E-state index in [2.05, 4.69) is 72.0 Å². The van der Waals surface area contributed by atoms with Crippen LogP contribution in [0.3, 0.4) is 0 Å². The zero-order valence-corrected chi connectivity index (χ0v) is 27.0. The van der Waals surface area contributed by atoms with Gasteiger partial charge in [-0.05, 0) is 76.6 Å². The van der Waals surface area contributed by atoms with Gasteiger partial charge in [-0.2, -0.15) is 0 Å². The van der Waals surface area contributed by atoms with Crippen LogP contribution < -0.4 is 31.9 Å². The summed E-state index contributed by atoms with van der Waals surface area (Å²) in [7, 11) is 2.54. The molecule has 4 amide bonds. The summed E-state index contributed by atoms with van der Waals surface area (Å²) in [4.78, 5) is 53.4. The van der Waals surface area contributed by atoms with Gasteiger partial charge in [0, 0.05) is 32.0 Å². The summed E-state index contributed by atoms with van der Waals surface area (Å²) in [6.45, 7) is 7.23. The molecule has 4 aliphatic heterocycles. The molecule has 14 heteroatoms. The van der Waals surface area contributed by atoms with Crippen LogP contribution in [0.1, 0.15) is 52.9 Å². The van der Waals surface area contributed by atoms with Gasteiger partial charge in [0.25, 0.3) is 0 Å². The summed E-state index contributed by atoms with van der Waals surface area (Å²) in [5.74, 6) is 11.8. The van der Waals surface area contributed by atoms with Crippen molar-refractivity contribution in [3.05, 3.63) is 23.8 Å². The molecule has 2 saturated heterocycles. The number of alkyl carbamates (subject to hydrolysis) is 2. The molecule has 3 unspecified atom stereocenters. The van der Waals surface area contributed by atoms with E-state index < -0.39 is 29.8 Å². The first-order valence-electron chi connectivity index (χ1n) is 15.8. The van der Waals surface area contributed by atoms with Crippen LogP contribution in [-0.4, -0.2) is 109 Å². The molecule has 5 aliphatic rings. The van der Waals surface area contributed by atoms with Crippen LogP contribution >= 0.6 is 0 Å². The third-order valence-corrected chi connectivity index (χ3v) is 9.57. The molecule has 3 fully saturated rings. The molecule has 248 valence electrons. The lowest BCUT2D eigenvalue weighted by molar-refractivity contribution is -0.135. The minimum Gasteiger partial charge on any atom is -0.453 e. The van der Waals surface area contributed by atoms with E-state index in [0.29, 0.717) is 31.0 Å². The average Bonchev–Trinajstić information content (AvgIpc) is 3.36. The number of ether oxygens (including phenoxy) is 2. The van der Waals surface area contributed by atoms with Gasteiger partial charge >= 0.3 is 12.2 Å². The predicted molar refractivity (Wildman–Crippen MR) is 168 cm³/mol. The average molecular weight is 637 g/mol. The van der Waals surface area contributed by atoms with E-state index in [0.717, 1.165) is 32.1 Å². The molecule has 4 heterocycles. The molecular weight excluding hydrogens is 592 g/mol. The number of rotatable bonds is 6. The van der Waals surface area contributed by atoms with E-state index >= 15 is 0 Å². The number of carbonyl (C=O) groups is 4. The number of allylic oxidation sites excluding steroid dienone is 2. The fourth-order valence-corrected chi connectivity index (χ4v) is 7.18. The standard InChI is InChI=1S/C32H44N8O6/c1-20(35-29(43)45-4)27(41)39-14-8-12-25(39)31(3)19-33-17-22(37-31)10-6-7-11-23-18-34-24-16-32(24,38-23)26-13-9-15-40(26)28(42)21(2)36-30(44)46-5/h17-18,20-21,24-26,33-34,37-38H,8-9,12-16,19H2,1-5H3,(H,35,43)(H,36,44)/t20-,21-,24?,25-,26-,31?,32?/m0/s1. The second-order valence-electron chi connectivity index (χ2n) is 12.7. The van der Waals surface area contributed by atoms with Gasteiger partial charge in [-0.1, -0.05) is 0 Å². The number of methoxy groups -OCH3 is 2. The van der Waals surface area contributed by atoms with Crippen molar-refractivity contribution in [2.24, 2.45) is 0 Å². The van der Waals surface area contributed by atoms with Gasteiger partial charge in [0.1, 0.15) is 23.5 Å². The fourth-order valence-electron chi connectivity index (χ4n) is 7.18. The molecule has 0 spiro atoms. The van der Waals surface area contributed by atoms with E-state index in [1.54, 1.807) is 13.8 Å². The molecule has 0 bridgehead atoms. The predicted octanol–water partition coefficient (Wildman–Crippen LogP) is -0.198. The van der Waals surface area contributed by atoms with E-state index in [4.69, 9.17) is 0 Å². The quantitative estimate of drug-likeness (QED) is 0.215.